The van der Waals surface area contributed by atoms with Gasteiger partial charge in [-0.15, -0.1) is 0 Å². The first-order chi connectivity index (χ1) is 44.3. The third-order valence-corrected chi connectivity index (χ3v) is 17.1. The van der Waals surface area contributed by atoms with E-state index in [0.717, 1.165) is 90.0 Å². The van der Waals surface area contributed by atoms with Gasteiger partial charge in [-0.05, 0) is 171 Å². The van der Waals surface area contributed by atoms with Crippen molar-refractivity contribution in [3.63, 3.8) is 0 Å². The molecule has 0 N–H and O–H groups in total. The van der Waals surface area contributed by atoms with Gasteiger partial charge in [0.2, 0.25) is 11.6 Å². The lowest BCUT2D eigenvalue weighted by Gasteiger charge is -2.28. The van der Waals surface area contributed by atoms with Crippen LogP contribution in [0.3, 0.4) is 0 Å². The minimum Gasteiger partial charge on any atom is -0.334 e. The zero-order chi connectivity index (χ0) is 60.7. The van der Waals surface area contributed by atoms with E-state index in [1.807, 2.05) is 72.8 Å². The van der Waals surface area contributed by atoms with E-state index in [1.165, 1.54) is 43.6 Å². The highest BCUT2D eigenvalue weighted by Gasteiger charge is 2.23. The van der Waals surface area contributed by atoms with E-state index in [0.29, 0.717) is 23.4 Å². The van der Waals surface area contributed by atoms with Gasteiger partial charge in [0.15, 0.2) is 0 Å². The zero-order valence-corrected chi connectivity index (χ0v) is 50.1. The van der Waals surface area contributed by atoms with Crippen molar-refractivity contribution >= 4 is 77.7 Å². The SMILES string of the molecule is Cc1c(-c2nc(-c3ccccc3)no2)ccc(N(c2ccccc2)c2ccc(-n3c4ccccc4c4ccccc43)cc2)c1C.Cc1cc(N(c2ccccc2)c2ccc(-n3c4ccccc4c4ccccc43)cc2)c(C)cc1-c1nc(-c2ccccc2)no1. The fourth-order valence-corrected chi connectivity index (χ4v) is 12.5. The predicted octanol–water partition coefficient (Wildman–Crippen LogP) is 21.2. The number of para-hydroxylation sites is 6. The quantitative estimate of drug-likeness (QED) is 0.119. The number of rotatable bonds is 12. The Morgan fingerprint density at radius 3 is 1.08 bits per heavy atom. The van der Waals surface area contributed by atoms with Gasteiger partial charge in [0, 0.05) is 89.3 Å². The van der Waals surface area contributed by atoms with Gasteiger partial charge in [0.05, 0.1) is 22.1 Å². The van der Waals surface area contributed by atoms with Crippen LogP contribution in [0, 0.1) is 27.7 Å². The molecular formula is C80H60N8O2. The molecule has 90 heavy (non-hydrogen) atoms. The minimum absolute atomic E-state index is 0.516. The summed E-state index contributed by atoms with van der Waals surface area (Å²) < 4.78 is 16.2. The molecule has 0 spiro atoms. The molecular weight excluding hydrogens is 1100 g/mol. The third kappa shape index (κ3) is 10.0. The smallest absolute Gasteiger partial charge is 0.258 e. The highest BCUT2D eigenvalue weighted by Crippen LogP contribution is 2.43. The summed E-state index contributed by atoms with van der Waals surface area (Å²) >= 11 is 0. The third-order valence-electron chi connectivity index (χ3n) is 17.1. The number of anilines is 6. The van der Waals surface area contributed by atoms with Crippen molar-refractivity contribution in [1.29, 1.82) is 0 Å². The molecule has 16 aromatic rings. The lowest BCUT2D eigenvalue weighted by Crippen LogP contribution is -2.12. The summed E-state index contributed by atoms with van der Waals surface area (Å²) in [6, 6.07) is 102. The van der Waals surface area contributed by atoms with Crippen molar-refractivity contribution in [2.45, 2.75) is 27.7 Å². The largest absolute Gasteiger partial charge is 0.334 e. The Kier molecular flexibility index (Phi) is 14.2. The van der Waals surface area contributed by atoms with Crippen LogP contribution in [0.1, 0.15) is 22.3 Å². The second kappa shape index (κ2) is 23.4. The number of nitrogens with zero attached hydrogens (tertiary/aromatic N) is 8. The van der Waals surface area contributed by atoms with Crippen LogP contribution in [0.25, 0.3) is 101 Å². The Balaban J connectivity index is 0.000000150. The average molecular weight is 1170 g/mol. The monoisotopic (exact) mass is 1160 g/mol. The molecule has 10 nitrogen and oxygen atoms in total. The molecule has 12 aromatic carbocycles. The van der Waals surface area contributed by atoms with Crippen LogP contribution in [0.15, 0.2) is 300 Å². The topological polar surface area (TPSA) is 94.2 Å². The molecule has 10 heteroatoms. The van der Waals surface area contributed by atoms with Crippen molar-refractivity contribution in [2.24, 2.45) is 0 Å². The predicted molar refractivity (Wildman–Crippen MR) is 367 cm³/mol. The molecule has 0 amide bonds. The van der Waals surface area contributed by atoms with Gasteiger partial charge in [-0.1, -0.05) is 180 Å². The zero-order valence-electron chi connectivity index (χ0n) is 50.1. The normalized spacial score (nSPS) is 11.3. The molecule has 0 unspecified atom stereocenters. The lowest BCUT2D eigenvalue weighted by atomic mass is 9.99. The van der Waals surface area contributed by atoms with Crippen LogP contribution in [0.5, 0.6) is 0 Å². The maximum Gasteiger partial charge on any atom is 0.258 e. The van der Waals surface area contributed by atoms with E-state index in [2.05, 4.69) is 275 Å². The molecule has 0 atom stereocenters. The highest BCUT2D eigenvalue weighted by atomic mass is 16.5. The molecule has 0 saturated heterocycles. The maximum atomic E-state index is 5.74. The molecule has 432 valence electrons. The number of hydrogen-bond acceptors (Lipinski definition) is 8. The first-order valence-electron chi connectivity index (χ1n) is 30.2. The van der Waals surface area contributed by atoms with E-state index >= 15 is 0 Å². The first kappa shape index (κ1) is 54.8. The maximum absolute atomic E-state index is 5.74. The molecule has 0 saturated carbocycles. The Morgan fingerprint density at radius 1 is 0.300 bits per heavy atom. The summed E-state index contributed by atoms with van der Waals surface area (Å²) in [5.74, 6) is 2.20. The van der Waals surface area contributed by atoms with Crippen LogP contribution in [-0.4, -0.2) is 29.4 Å². The van der Waals surface area contributed by atoms with Gasteiger partial charge in [-0.2, -0.15) is 9.97 Å². The summed E-state index contributed by atoms with van der Waals surface area (Å²) in [7, 11) is 0. The fraction of sp³-hybridized carbons (Fsp3) is 0.0500. The number of fused-ring (bicyclic) bond motifs is 6. The van der Waals surface area contributed by atoms with E-state index in [4.69, 9.17) is 19.0 Å². The summed E-state index contributed by atoms with van der Waals surface area (Å²) in [6.07, 6.45) is 0. The second-order valence-corrected chi connectivity index (χ2v) is 22.5. The molecule has 0 fully saturated rings. The van der Waals surface area contributed by atoms with Crippen LogP contribution in [0.4, 0.5) is 34.1 Å². The minimum atomic E-state index is 0.516. The molecule has 16 rings (SSSR count). The van der Waals surface area contributed by atoms with Crippen LogP contribution in [-0.2, 0) is 0 Å². The summed E-state index contributed by atoms with van der Waals surface area (Å²) in [4.78, 5) is 14.1. The number of benzene rings is 12. The van der Waals surface area contributed by atoms with Gasteiger partial charge in [-0.3, -0.25) is 0 Å². The molecule has 0 radical (unpaired) electrons. The standard InChI is InChI=1S/2C40H30N4O/c1-27-26-38(28(2)25-35(27)40-41-39(42-45-40)29-13-5-3-6-14-29)43(30-15-7-4-8-16-30)31-21-23-32(24-22-31)44-36-19-11-9-17-33(36)34-18-10-12-20-37(34)44;1-27-28(2)36(26-25-33(27)40-41-39(42-45-40)29-13-5-3-6-14-29)43(30-15-7-4-8-16-30)31-21-23-32(24-22-31)44-37-19-11-9-17-34(37)35-18-10-12-20-38(35)44/h2*3-26H,1-2H3. The van der Waals surface area contributed by atoms with Gasteiger partial charge in [0.25, 0.3) is 11.8 Å². The van der Waals surface area contributed by atoms with Gasteiger partial charge in [0.1, 0.15) is 0 Å². The van der Waals surface area contributed by atoms with E-state index in [-0.39, 0.29) is 0 Å². The van der Waals surface area contributed by atoms with Crippen molar-refractivity contribution in [3.05, 3.63) is 313 Å². The average Bonchev–Trinajstić information content (AvgIpc) is 1.68. The van der Waals surface area contributed by atoms with E-state index < -0.39 is 0 Å². The second-order valence-electron chi connectivity index (χ2n) is 22.5. The molecule has 4 heterocycles. The molecule has 0 aliphatic rings. The Labute approximate surface area is 521 Å². The van der Waals surface area contributed by atoms with Gasteiger partial charge in [-0.25, -0.2) is 0 Å². The highest BCUT2D eigenvalue weighted by molar-refractivity contribution is 6.10. The van der Waals surface area contributed by atoms with Crippen molar-refractivity contribution < 1.29 is 9.05 Å². The number of aromatic nitrogens is 6. The number of hydrogen-bond donors (Lipinski definition) is 0. The van der Waals surface area contributed by atoms with Crippen molar-refractivity contribution in [1.82, 2.24) is 29.4 Å². The summed E-state index contributed by atoms with van der Waals surface area (Å²) in [6.45, 7) is 8.51. The summed E-state index contributed by atoms with van der Waals surface area (Å²) in [5.41, 5.74) is 21.7. The van der Waals surface area contributed by atoms with Crippen LogP contribution < -0.4 is 9.80 Å². The van der Waals surface area contributed by atoms with Crippen LogP contribution in [0.2, 0.25) is 0 Å². The van der Waals surface area contributed by atoms with E-state index in [9.17, 15) is 0 Å². The molecule has 0 aliphatic heterocycles. The van der Waals surface area contributed by atoms with E-state index in [1.54, 1.807) is 0 Å². The number of aryl methyl sites for hydroxylation is 2. The molecule has 0 aliphatic carbocycles. The Bertz CT molecular complexity index is 4850. The molecule has 4 aromatic heterocycles. The van der Waals surface area contributed by atoms with Gasteiger partial charge < -0.3 is 28.0 Å². The summed E-state index contributed by atoms with van der Waals surface area (Å²) in [5, 5.41) is 13.5. The van der Waals surface area contributed by atoms with Crippen molar-refractivity contribution in [2.75, 3.05) is 9.80 Å². The Hall–Kier alpha value is -11.9. The van der Waals surface area contributed by atoms with Gasteiger partial charge >= 0.3 is 0 Å². The lowest BCUT2D eigenvalue weighted by molar-refractivity contribution is 0.432. The fourth-order valence-electron chi connectivity index (χ4n) is 12.5. The molecule has 0 bridgehead atoms. The first-order valence-corrected chi connectivity index (χ1v) is 30.2. The Morgan fingerprint density at radius 2 is 0.656 bits per heavy atom. The van der Waals surface area contributed by atoms with Crippen molar-refractivity contribution in [3.8, 4) is 57.1 Å². The van der Waals surface area contributed by atoms with Crippen LogP contribution >= 0.6 is 0 Å².